The van der Waals surface area contributed by atoms with Crippen LogP contribution in [0.4, 0.5) is 0 Å². The second kappa shape index (κ2) is 6.25. The monoisotopic (exact) mass is 242 g/mol. The van der Waals surface area contributed by atoms with E-state index in [1.54, 1.807) is 18.1 Å². The van der Waals surface area contributed by atoms with Crippen LogP contribution < -0.4 is 5.73 Å². The quantitative estimate of drug-likeness (QED) is 0.587. The van der Waals surface area contributed by atoms with Gasteiger partial charge in [-0.25, -0.2) is 9.67 Å². The van der Waals surface area contributed by atoms with E-state index in [9.17, 15) is 0 Å². The lowest BCUT2D eigenvalue weighted by atomic mass is 9.88. The van der Waals surface area contributed by atoms with Gasteiger partial charge in [0.1, 0.15) is 6.33 Å². The van der Waals surface area contributed by atoms with E-state index in [1.165, 1.54) is 19.3 Å². The van der Waals surface area contributed by atoms with E-state index >= 15 is 0 Å². The summed E-state index contributed by atoms with van der Waals surface area (Å²) in [5.41, 5.74) is 5.98. The van der Waals surface area contributed by atoms with Gasteiger partial charge in [-0.1, -0.05) is 32.0 Å². The Balaban J connectivity index is 2.11. The maximum atomic E-state index is 5.69. The number of unbranched alkanes of at least 4 members (excludes halogenated alkanes) is 1. The zero-order valence-corrected chi connectivity index (χ0v) is 11.3. The number of nitrogens with two attached hydrogens (primary N) is 1. The van der Waals surface area contributed by atoms with E-state index in [-0.39, 0.29) is 5.41 Å². The summed E-state index contributed by atoms with van der Waals surface area (Å²) in [5, 5.41) is 5.03. The standard InChI is InChI=1S/C11H22N4S/c1-11(2,8-12)6-4-5-7-16-10-13-9-14-15(10)3/h9H,4-8,12H2,1-3H3. The molecule has 1 aromatic rings. The topological polar surface area (TPSA) is 56.7 Å². The molecule has 92 valence electrons. The zero-order valence-electron chi connectivity index (χ0n) is 10.4. The van der Waals surface area contributed by atoms with Crippen molar-refractivity contribution in [3.63, 3.8) is 0 Å². The predicted molar refractivity (Wildman–Crippen MR) is 68.4 cm³/mol. The Labute approximate surface area is 102 Å². The molecule has 0 radical (unpaired) electrons. The smallest absolute Gasteiger partial charge is 0.185 e. The molecule has 0 bridgehead atoms. The third-order valence-electron chi connectivity index (χ3n) is 2.70. The molecule has 0 aliphatic heterocycles. The minimum atomic E-state index is 0.287. The van der Waals surface area contributed by atoms with Crippen LogP contribution in [-0.2, 0) is 7.05 Å². The highest BCUT2D eigenvalue weighted by molar-refractivity contribution is 7.99. The number of rotatable bonds is 7. The van der Waals surface area contributed by atoms with Crippen molar-refractivity contribution in [1.29, 1.82) is 0 Å². The first kappa shape index (κ1) is 13.5. The molecule has 1 rings (SSSR count). The van der Waals surface area contributed by atoms with Crippen LogP contribution in [-0.4, -0.2) is 27.1 Å². The van der Waals surface area contributed by atoms with Gasteiger partial charge in [0.2, 0.25) is 0 Å². The number of aromatic nitrogens is 3. The first-order valence-electron chi connectivity index (χ1n) is 5.72. The first-order chi connectivity index (χ1) is 7.55. The van der Waals surface area contributed by atoms with Crippen molar-refractivity contribution in [2.75, 3.05) is 12.3 Å². The summed E-state index contributed by atoms with van der Waals surface area (Å²) in [4.78, 5) is 4.17. The summed E-state index contributed by atoms with van der Waals surface area (Å²) in [7, 11) is 1.92. The summed E-state index contributed by atoms with van der Waals surface area (Å²) in [6, 6.07) is 0. The van der Waals surface area contributed by atoms with Gasteiger partial charge in [-0.3, -0.25) is 0 Å². The highest BCUT2D eigenvalue weighted by Gasteiger charge is 2.14. The zero-order chi connectivity index (χ0) is 12.0. The molecular weight excluding hydrogens is 220 g/mol. The summed E-state index contributed by atoms with van der Waals surface area (Å²) in [6.07, 6.45) is 5.23. The Morgan fingerprint density at radius 1 is 1.44 bits per heavy atom. The molecule has 1 aromatic heterocycles. The summed E-state index contributed by atoms with van der Waals surface area (Å²) >= 11 is 1.77. The van der Waals surface area contributed by atoms with Gasteiger partial charge in [0.05, 0.1) is 0 Å². The van der Waals surface area contributed by atoms with Crippen LogP contribution >= 0.6 is 11.8 Å². The Kier molecular flexibility index (Phi) is 5.28. The number of hydrogen-bond donors (Lipinski definition) is 1. The normalized spacial score (nSPS) is 12.0. The fourth-order valence-electron chi connectivity index (χ4n) is 1.39. The van der Waals surface area contributed by atoms with Crippen molar-refractivity contribution in [3.05, 3.63) is 6.33 Å². The summed E-state index contributed by atoms with van der Waals surface area (Å²) in [5.74, 6) is 1.10. The number of aryl methyl sites for hydroxylation is 1. The van der Waals surface area contributed by atoms with Crippen LogP contribution in [0.1, 0.15) is 33.1 Å². The molecule has 0 amide bonds. The van der Waals surface area contributed by atoms with Crippen molar-refractivity contribution in [2.45, 2.75) is 38.3 Å². The molecule has 0 saturated carbocycles. The highest BCUT2D eigenvalue weighted by Crippen LogP contribution is 2.23. The van der Waals surface area contributed by atoms with Gasteiger partial charge in [0.25, 0.3) is 0 Å². The van der Waals surface area contributed by atoms with Crippen LogP contribution in [0.3, 0.4) is 0 Å². The van der Waals surface area contributed by atoms with E-state index in [0.717, 1.165) is 17.5 Å². The highest BCUT2D eigenvalue weighted by atomic mass is 32.2. The minimum absolute atomic E-state index is 0.287. The molecule has 2 N–H and O–H groups in total. The molecule has 0 atom stereocenters. The molecule has 16 heavy (non-hydrogen) atoms. The summed E-state index contributed by atoms with van der Waals surface area (Å²) in [6.45, 7) is 5.22. The predicted octanol–water partition coefficient (Wildman–Crippen LogP) is 2.06. The third-order valence-corrected chi connectivity index (χ3v) is 3.82. The summed E-state index contributed by atoms with van der Waals surface area (Å²) < 4.78 is 1.81. The molecule has 0 saturated heterocycles. The van der Waals surface area contributed by atoms with Crippen LogP contribution in [0, 0.1) is 5.41 Å². The van der Waals surface area contributed by atoms with E-state index in [2.05, 4.69) is 23.9 Å². The minimum Gasteiger partial charge on any atom is -0.330 e. The van der Waals surface area contributed by atoms with Gasteiger partial charge >= 0.3 is 0 Å². The maximum Gasteiger partial charge on any atom is 0.185 e. The Hall–Kier alpha value is -0.550. The van der Waals surface area contributed by atoms with E-state index in [0.29, 0.717) is 0 Å². The molecule has 1 heterocycles. The molecular formula is C11H22N4S. The number of nitrogens with zero attached hydrogens (tertiary/aromatic N) is 3. The van der Waals surface area contributed by atoms with Crippen LogP contribution in [0.2, 0.25) is 0 Å². The molecule has 0 unspecified atom stereocenters. The lowest BCUT2D eigenvalue weighted by molar-refractivity contribution is 0.336. The van der Waals surface area contributed by atoms with Crippen molar-refractivity contribution < 1.29 is 0 Å². The van der Waals surface area contributed by atoms with Crippen molar-refractivity contribution in [1.82, 2.24) is 14.8 Å². The molecule has 0 spiro atoms. The van der Waals surface area contributed by atoms with Crippen molar-refractivity contribution >= 4 is 11.8 Å². The van der Waals surface area contributed by atoms with Gasteiger partial charge in [-0.2, -0.15) is 5.10 Å². The average Bonchev–Trinajstić information content (AvgIpc) is 2.64. The largest absolute Gasteiger partial charge is 0.330 e. The third kappa shape index (κ3) is 4.53. The van der Waals surface area contributed by atoms with Gasteiger partial charge < -0.3 is 5.73 Å². The maximum absolute atomic E-state index is 5.69. The molecule has 0 aromatic carbocycles. The number of hydrogen-bond acceptors (Lipinski definition) is 4. The van der Waals surface area contributed by atoms with Gasteiger partial charge in [-0.05, 0) is 24.8 Å². The Morgan fingerprint density at radius 3 is 2.75 bits per heavy atom. The first-order valence-corrected chi connectivity index (χ1v) is 6.70. The average molecular weight is 242 g/mol. The van der Waals surface area contributed by atoms with Crippen LogP contribution in [0.25, 0.3) is 0 Å². The lowest BCUT2D eigenvalue weighted by Gasteiger charge is -2.21. The van der Waals surface area contributed by atoms with Gasteiger partial charge in [0.15, 0.2) is 5.16 Å². The SMILES string of the molecule is Cn1ncnc1SCCCCC(C)(C)CN. The Morgan fingerprint density at radius 2 is 2.19 bits per heavy atom. The van der Waals surface area contributed by atoms with Gasteiger partial charge in [0, 0.05) is 12.8 Å². The van der Waals surface area contributed by atoms with E-state index in [4.69, 9.17) is 5.73 Å². The molecule has 0 aliphatic carbocycles. The van der Waals surface area contributed by atoms with Crippen molar-refractivity contribution in [3.8, 4) is 0 Å². The Bertz CT molecular complexity index is 309. The second-order valence-corrected chi connectivity index (χ2v) is 5.90. The molecule has 4 nitrogen and oxygen atoms in total. The van der Waals surface area contributed by atoms with Gasteiger partial charge in [-0.15, -0.1) is 0 Å². The van der Waals surface area contributed by atoms with Crippen LogP contribution in [0.15, 0.2) is 11.5 Å². The van der Waals surface area contributed by atoms with Crippen molar-refractivity contribution in [2.24, 2.45) is 18.2 Å². The molecule has 0 aliphatic rings. The fraction of sp³-hybridized carbons (Fsp3) is 0.818. The number of thioether (sulfide) groups is 1. The van der Waals surface area contributed by atoms with Crippen LogP contribution in [0.5, 0.6) is 0 Å². The second-order valence-electron chi connectivity index (χ2n) is 4.84. The van der Waals surface area contributed by atoms with E-state index < -0.39 is 0 Å². The molecule has 0 fully saturated rings. The molecule has 5 heteroatoms. The fourth-order valence-corrected chi connectivity index (χ4v) is 2.27. The van der Waals surface area contributed by atoms with E-state index in [1.807, 2.05) is 11.7 Å². The lowest BCUT2D eigenvalue weighted by Crippen LogP contribution is -2.23.